The average Bonchev–Trinajstić information content (AvgIpc) is 3.11. The van der Waals surface area contributed by atoms with Gasteiger partial charge in [0, 0.05) is 18.2 Å². The molecule has 0 unspecified atom stereocenters. The van der Waals surface area contributed by atoms with E-state index in [0.29, 0.717) is 31.2 Å². The first-order valence-electron chi connectivity index (χ1n) is 8.04. The zero-order valence-corrected chi connectivity index (χ0v) is 15.8. The number of ether oxygens (including phenoxy) is 1. The van der Waals surface area contributed by atoms with E-state index in [4.69, 9.17) is 20.8 Å². The van der Waals surface area contributed by atoms with E-state index in [-0.39, 0.29) is 4.90 Å². The van der Waals surface area contributed by atoms with Gasteiger partial charge < -0.3 is 14.5 Å². The van der Waals surface area contributed by atoms with E-state index in [1.807, 2.05) is 6.07 Å². The number of furan rings is 1. The fourth-order valence-corrected chi connectivity index (χ4v) is 3.40. The minimum atomic E-state index is -3.79. The van der Waals surface area contributed by atoms with Crippen LogP contribution >= 0.6 is 11.6 Å². The van der Waals surface area contributed by atoms with E-state index in [1.54, 1.807) is 12.3 Å². The predicted molar refractivity (Wildman–Crippen MR) is 97.2 cm³/mol. The highest BCUT2D eigenvalue weighted by Gasteiger charge is 2.21. The maximum atomic E-state index is 12.2. The van der Waals surface area contributed by atoms with Gasteiger partial charge in [0.1, 0.15) is 12.4 Å². The monoisotopic (exact) mass is 400 g/mol. The number of nitrogens with one attached hydrogen (secondary N) is 2. The summed E-state index contributed by atoms with van der Waals surface area (Å²) in [7, 11) is -3.79. The maximum Gasteiger partial charge on any atom is 0.241 e. The zero-order chi connectivity index (χ0) is 19.0. The zero-order valence-electron chi connectivity index (χ0n) is 14.3. The van der Waals surface area contributed by atoms with Crippen molar-refractivity contribution in [2.24, 2.45) is 0 Å². The van der Waals surface area contributed by atoms with Crippen molar-refractivity contribution in [2.75, 3.05) is 13.2 Å². The third-order valence-electron chi connectivity index (χ3n) is 3.44. The number of rotatable bonds is 10. The van der Waals surface area contributed by atoms with Crippen LogP contribution in [0.1, 0.15) is 19.1 Å². The molecule has 2 rings (SSSR count). The third kappa shape index (κ3) is 6.45. The lowest BCUT2D eigenvalue weighted by Gasteiger charge is -2.14. The molecule has 0 aliphatic rings. The van der Waals surface area contributed by atoms with Gasteiger partial charge in [-0.05, 0) is 49.7 Å². The molecule has 1 heterocycles. The van der Waals surface area contributed by atoms with Crippen molar-refractivity contribution in [2.45, 2.75) is 30.9 Å². The molecule has 1 atom stereocenters. The van der Waals surface area contributed by atoms with E-state index in [9.17, 15) is 13.2 Å². The van der Waals surface area contributed by atoms with E-state index in [0.717, 1.165) is 5.76 Å². The second-order valence-electron chi connectivity index (χ2n) is 5.57. The van der Waals surface area contributed by atoms with Crippen molar-refractivity contribution < 1.29 is 22.4 Å². The van der Waals surface area contributed by atoms with Gasteiger partial charge in [-0.25, -0.2) is 8.42 Å². The molecule has 0 radical (unpaired) electrons. The van der Waals surface area contributed by atoms with Crippen LogP contribution in [0.5, 0.6) is 0 Å². The normalized spacial score (nSPS) is 12.7. The molecule has 2 aromatic rings. The van der Waals surface area contributed by atoms with Gasteiger partial charge in [-0.15, -0.1) is 0 Å². The number of benzene rings is 1. The Morgan fingerprint density at radius 1 is 1.27 bits per heavy atom. The van der Waals surface area contributed by atoms with E-state index in [1.165, 1.54) is 31.2 Å². The molecule has 26 heavy (non-hydrogen) atoms. The Labute approximate surface area is 157 Å². The Hall–Kier alpha value is -1.87. The van der Waals surface area contributed by atoms with Crippen LogP contribution in [-0.4, -0.2) is 33.5 Å². The summed E-state index contributed by atoms with van der Waals surface area (Å²) in [6.45, 7) is 2.68. The van der Waals surface area contributed by atoms with Crippen LogP contribution in [0.3, 0.4) is 0 Å². The SMILES string of the molecule is C[C@H](NS(=O)(=O)c1ccc(Cl)cc1)C(=O)NCCCOCc1ccco1. The van der Waals surface area contributed by atoms with Crippen molar-refractivity contribution in [1.29, 1.82) is 0 Å². The molecule has 142 valence electrons. The van der Waals surface area contributed by atoms with E-state index >= 15 is 0 Å². The van der Waals surface area contributed by atoms with Crippen LogP contribution in [0, 0.1) is 0 Å². The summed E-state index contributed by atoms with van der Waals surface area (Å²) >= 11 is 5.75. The second kappa shape index (κ2) is 9.72. The molecule has 2 N–H and O–H groups in total. The highest BCUT2D eigenvalue weighted by Crippen LogP contribution is 2.14. The van der Waals surface area contributed by atoms with Crippen molar-refractivity contribution in [1.82, 2.24) is 10.0 Å². The molecule has 0 saturated carbocycles. The van der Waals surface area contributed by atoms with Gasteiger partial charge in [-0.2, -0.15) is 4.72 Å². The lowest BCUT2D eigenvalue weighted by Crippen LogP contribution is -2.45. The number of hydrogen-bond acceptors (Lipinski definition) is 5. The number of halogens is 1. The topological polar surface area (TPSA) is 97.6 Å². The lowest BCUT2D eigenvalue weighted by molar-refractivity contribution is -0.122. The molecule has 1 aromatic heterocycles. The molecule has 9 heteroatoms. The van der Waals surface area contributed by atoms with Crippen molar-refractivity contribution in [3.05, 3.63) is 53.4 Å². The van der Waals surface area contributed by atoms with Gasteiger partial charge in [0.05, 0.1) is 17.2 Å². The van der Waals surface area contributed by atoms with Crippen molar-refractivity contribution in [3.8, 4) is 0 Å². The van der Waals surface area contributed by atoms with Crippen LogP contribution in [0.15, 0.2) is 52.0 Å². The maximum absolute atomic E-state index is 12.2. The first kappa shape index (κ1) is 20.4. The van der Waals surface area contributed by atoms with Crippen LogP contribution in [0.2, 0.25) is 5.02 Å². The fourth-order valence-electron chi connectivity index (χ4n) is 2.07. The van der Waals surface area contributed by atoms with Crippen LogP contribution in [0.4, 0.5) is 0 Å². The Bertz CT molecular complexity index is 791. The van der Waals surface area contributed by atoms with Gasteiger partial charge in [0.25, 0.3) is 0 Å². The number of carbonyl (C=O) groups excluding carboxylic acids is 1. The first-order chi connectivity index (χ1) is 12.4. The van der Waals surface area contributed by atoms with Gasteiger partial charge in [0.2, 0.25) is 15.9 Å². The highest BCUT2D eigenvalue weighted by molar-refractivity contribution is 7.89. The summed E-state index contributed by atoms with van der Waals surface area (Å²) in [6.07, 6.45) is 2.18. The van der Waals surface area contributed by atoms with E-state index < -0.39 is 22.0 Å². The summed E-state index contributed by atoms with van der Waals surface area (Å²) in [5, 5.41) is 3.10. The molecular formula is C17H21ClN2O5S. The lowest BCUT2D eigenvalue weighted by atomic mass is 10.3. The molecule has 0 spiro atoms. The van der Waals surface area contributed by atoms with Crippen LogP contribution < -0.4 is 10.0 Å². The minimum Gasteiger partial charge on any atom is -0.467 e. The quantitative estimate of drug-likeness (QED) is 0.596. The number of sulfonamides is 1. The van der Waals surface area contributed by atoms with Gasteiger partial charge in [-0.1, -0.05) is 11.6 Å². The fraction of sp³-hybridized carbons (Fsp3) is 0.353. The van der Waals surface area contributed by atoms with Crippen LogP contribution in [-0.2, 0) is 26.2 Å². The summed E-state index contributed by atoms with van der Waals surface area (Å²) in [4.78, 5) is 12.1. The van der Waals surface area contributed by atoms with E-state index in [2.05, 4.69) is 10.0 Å². The molecule has 0 saturated heterocycles. The number of hydrogen-bond donors (Lipinski definition) is 2. The number of amides is 1. The summed E-state index contributed by atoms with van der Waals surface area (Å²) in [6, 6.07) is 8.41. The smallest absolute Gasteiger partial charge is 0.241 e. The van der Waals surface area contributed by atoms with Crippen molar-refractivity contribution in [3.63, 3.8) is 0 Å². The van der Waals surface area contributed by atoms with Crippen LogP contribution in [0.25, 0.3) is 0 Å². The Balaban J connectivity index is 1.69. The minimum absolute atomic E-state index is 0.0490. The first-order valence-corrected chi connectivity index (χ1v) is 9.90. The Morgan fingerprint density at radius 3 is 2.65 bits per heavy atom. The van der Waals surface area contributed by atoms with Crippen molar-refractivity contribution >= 4 is 27.5 Å². The Kier molecular flexibility index (Phi) is 7.65. The molecule has 1 aromatic carbocycles. The van der Waals surface area contributed by atoms with Gasteiger partial charge in [0.15, 0.2) is 0 Å². The molecule has 7 nitrogen and oxygen atoms in total. The second-order valence-corrected chi connectivity index (χ2v) is 7.72. The molecule has 0 aliphatic heterocycles. The molecule has 0 aliphatic carbocycles. The van der Waals surface area contributed by atoms with Gasteiger partial charge >= 0.3 is 0 Å². The standard InChI is InChI=1S/C17H21ClN2O5S/c1-13(20-26(22,23)16-7-5-14(18)6-8-16)17(21)19-9-3-10-24-12-15-4-2-11-25-15/h2,4-8,11,13,20H,3,9-10,12H2,1H3,(H,19,21)/t13-/m0/s1. The largest absolute Gasteiger partial charge is 0.467 e. The summed E-state index contributed by atoms with van der Waals surface area (Å²) in [5.41, 5.74) is 0. The third-order valence-corrected chi connectivity index (χ3v) is 5.25. The number of carbonyl (C=O) groups is 1. The molecule has 0 bridgehead atoms. The molecular weight excluding hydrogens is 380 g/mol. The molecule has 0 fully saturated rings. The average molecular weight is 401 g/mol. The molecule has 1 amide bonds. The summed E-state index contributed by atoms with van der Waals surface area (Å²) < 4.78 is 37.3. The summed E-state index contributed by atoms with van der Waals surface area (Å²) in [5.74, 6) is 0.327. The highest BCUT2D eigenvalue weighted by atomic mass is 35.5. The Morgan fingerprint density at radius 2 is 2.00 bits per heavy atom. The van der Waals surface area contributed by atoms with Gasteiger partial charge in [-0.3, -0.25) is 4.79 Å². The predicted octanol–water partition coefficient (Wildman–Crippen LogP) is 2.32.